The number of nitrogens with zero attached hydrogens (tertiary/aromatic N) is 1. The minimum absolute atomic E-state index is 0.0468. The van der Waals surface area contributed by atoms with Crippen LogP contribution < -0.4 is 10.6 Å². The second-order valence-electron chi connectivity index (χ2n) is 7.07. The largest absolute Gasteiger partial charge is 0.353 e. The van der Waals surface area contributed by atoms with Gasteiger partial charge in [-0.1, -0.05) is 12.1 Å². The van der Waals surface area contributed by atoms with Crippen molar-refractivity contribution in [1.29, 1.82) is 0 Å². The van der Waals surface area contributed by atoms with E-state index in [4.69, 9.17) is 0 Å². The van der Waals surface area contributed by atoms with Gasteiger partial charge in [0, 0.05) is 19.1 Å². The maximum atomic E-state index is 13.6. The quantitative estimate of drug-likeness (QED) is 0.880. The molecule has 1 aliphatic carbocycles. The highest BCUT2D eigenvalue weighted by Gasteiger charge is 2.37. The topological polar surface area (TPSA) is 61.4 Å². The van der Waals surface area contributed by atoms with Gasteiger partial charge >= 0.3 is 6.03 Å². The van der Waals surface area contributed by atoms with Gasteiger partial charge in [-0.05, 0) is 56.7 Å². The van der Waals surface area contributed by atoms with Crippen LogP contribution in [-0.2, 0) is 4.79 Å². The van der Waals surface area contributed by atoms with Crippen LogP contribution in [0.2, 0.25) is 0 Å². The van der Waals surface area contributed by atoms with Gasteiger partial charge in [-0.2, -0.15) is 0 Å². The molecule has 1 saturated heterocycles. The van der Waals surface area contributed by atoms with Crippen LogP contribution in [0.3, 0.4) is 0 Å². The van der Waals surface area contributed by atoms with Crippen LogP contribution >= 0.6 is 0 Å². The van der Waals surface area contributed by atoms with Crippen LogP contribution in [0.15, 0.2) is 18.2 Å². The fraction of sp³-hybridized carbons (Fsp3) is 0.579. The molecule has 136 valence electrons. The summed E-state index contributed by atoms with van der Waals surface area (Å²) in [6.07, 6.45) is 3.53. The predicted molar refractivity (Wildman–Crippen MR) is 93.5 cm³/mol. The first-order chi connectivity index (χ1) is 12.0. The van der Waals surface area contributed by atoms with Gasteiger partial charge in [0.2, 0.25) is 5.91 Å². The Morgan fingerprint density at radius 1 is 1.24 bits per heavy atom. The molecule has 1 aliphatic heterocycles. The minimum atomic E-state index is -0.245. The fourth-order valence-corrected chi connectivity index (χ4v) is 3.43. The number of carbonyl (C=O) groups is 2. The average Bonchev–Trinajstić information content (AvgIpc) is 3.41. The number of hydrogen-bond acceptors (Lipinski definition) is 2. The third kappa shape index (κ3) is 4.11. The second kappa shape index (κ2) is 7.42. The molecule has 1 saturated carbocycles. The van der Waals surface area contributed by atoms with Gasteiger partial charge in [0.05, 0.1) is 12.0 Å². The number of carbonyl (C=O) groups excluding carboxylic acids is 2. The van der Waals surface area contributed by atoms with E-state index in [1.165, 1.54) is 6.07 Å². The van der Waals surface area contributed by atoms with Gasteiger partial charge in [-0.15, -0.1) is 0 Å². The molecule has 1 aromatic carbocycles. The van der Waals surface area contributed by atoms with E-state index in [0.29, 0.717) is 31.1 Å². The Hall–Kier alpha value is -2.11. The van der Waals surface area contributed by atoms with E-state index in [1.54, 1.807) is 24.0 Å². The van der Waals surface area contributed by atoms with Crippen molar-refractivity contribution in [3.8, 4) is 0 Å². The molecule has 1 aromatic rings. The van der Waals surface area contributed by atoms with Crippen LogP contribution in [0, 0.1) is 18.7 Å². The minimum Gasteiger partial charge on any atom is -0.353 e. The Morgan fingerprint density at radius 2 is 2.00 bits per heavy atom. The van der Waals surface area contributed by atoms with E-state index in [-0.39, 0.29) is 29.7 Å². The van der Waals surface area contributed by atoms with Crippen LogP contribution in [0.5, 0.6) is 0 Å². The summed E-state index contributed by atoms with van der Waals surface area (Å²) in [7, 11) is 0. The molecular weight excluding hydrogens is 321 g/mol. The Balaban J connectivity index is 1.78. The number of benzene rings is 1. The van der Waals surface area contributed by atoms with E-state index < -0.39 is 0 Å². The third-order valence-corrected chi connectivity index (χ3v) is 5.03. The Morgan fingerprint density at radius 3 is 2.64 bits per heavy atom. The number of nitrogens with one attached hydrogen (secondary N) is 2. The summed E-state index contributed by atoms with van der Waals surface area (Å²) in [5.74, 6) is -0.377. The number of halogens is 1. The lowest BCUT2D eigenvalue weighted by molar-refractivity contribution is -0.126. The lowest BCUT2D eigenvalue weighted by Crippen LogP contribution is -2.50. The number of likely N-dealkylation sites (tertiary alicyclic amines) is 1. The average molecular weight is 347 g/mol. The van der Waals surface area contributed by atoms with Gasteiger partial charge in [-0.25, -0.2) is 9.18 Å². The highest BCUT2D eigenvalue weighted by Crippen LogP contribution is 2.34. The molecule has 6 heteroatoms. The SMILES string of the molecule is CCNC(=O)N1CC(C(=O)NC2CC2)CCC1c1ccc(F)c(C)c1. The van der Waals surface area contributed by atoms with Crippen LogP contribution in [0.1, 0.15) is 49.8 Å². The molecule has 0 radical (unpaired) electrons. The standard InChI is InChI=1S/C19H26FN3O2/c1-3-21-19(25)23-11-14(18(24)22-15-6-7-15)5-9-17(23)13-4-8-16(20)12(2)10-13/h4,8,10,14-15,17H,3,5-7,9,11H2,1-2H3,(H,21,25)(H,22,24). The molecule has 2 aliphatic rings. The van der Waals surface area contributed by atoms with Crippen molar-refractivity contribution in [1.82, 2.24) is 15.5 Å². The van der Waals surface area contributed by atoms with Crippen LogP contribution in [0.25, 0.3) is 0 Å². The Bertz CT molecular complexity index is 660. The lowest BCUT2D eigenvalue weighted by atomic mass is 9.88. The summed E-state index contributed by atoms with van der Waals surface area (Å²) in [4.78, 5) is 26.7. The first kappa shape index (κ1) is 17.7. The number of piperidine rings is 1. The molecule has 2 fully saturated rings. The molecule has 2 unspecified atom stereocenters. The first-order valence-electron chi connectivity index (χ1n) is 9.10. The molecule has 2 N–H and O–H groups in total. The fourth-order valence-electron chi connectivity index (χ4n) is 3.43. The molecular formula is C19H26FN3O2. The van der Waals surface area contributed by atoms with Gasteiger partial charge in [0.25, 0.3) is 0 Å². The van der Waals surface area contributed by atoms with Crippen molar-refractivity contribution in [2.45, 2.75) is 51.6 Å². The molecule has 0 aromatic heterocycles. The molecule has 3 amide bonds. The summed E-state index contributed by atoms with van der Waals surface area (Å²) >= 11 is 0. The number of rotatable bonds is 4. The monoisotopic (exact) mass is 347 g/mol. The van der Waals surface area contributed by atoms with Crippen molar-refractivity contribution >= 4 is 11.9 Å². The number of aryl methyl sites for hydroxylation is 1. The summed E-state index contributed by atoms with van der Waals surface area (Å²) in [6.45, 7) is 4.52. The van der Waals surface area contributed by atoms with Gasteiger partial charge in [-0.3, -0.25) is 4.79 Å². The summed E-state index contributed by atoms with van der Waals surface area (Å²) in [6, 6.07) is 5.02. The lowest BCUT2D eigenvalue weighted by Gasteiger charge is -2.39. The smallest absolute Gasteiger partial charge is 0.317 e. The normalized spacial score (nSPS) is 23.2. The van der Waals surface area contributed by atoms with E-state index >= 15 is 0 Å². The van der Waals surface area contributed by atoms with Crippen LogP contribution in [0.4, 0.5) is 9.18 Å². The molecule has 25 heavy (non-hydrogen) atoms. The molecule has 2 atom stereocenters. The van der Waals surface area contributed by atoms with E-state index in [1.807, 2.05) is 6.92 Å². The van der Waals surface area contributed by atoms with E-state index in [9.17, 15) is 14.0 Å². The summed E-state index contributed by atoms with van der Waals surface area (Å²) in [5.41, 5.74) is 1.49. The molecule has 1 heterocycles. The van der Waals surface area contributed by atoms with Crippen molar-refractivity contribution in [2.75, 3.05) is 13.1 Å². The Labute approximate surface area is 148 Å². The zero-order valence-electron chi connectivity index (χ0n) is 14.8. The zero-order chi connectivity index (χ0) is 18.0. The van der Waals surface area contributed by atoms with Crippen LogP contribution in [-0.4, -0.2) is 36.0 Å². The highest BCUT2D eigenvalue weighted by molar-refractivity contribution is 5.81. The van der Waals surface area contributed by atoms with Crippen molar-refractivity contribution in [2.24, 2.45) is 5.92 Å². The Kier molecular flexibility index (Phi) is 5.25. The number of amides is 3. The maximum Gasteiger partial charge on any atom is 0.317 e. The summed E-state index contributed by atoms with van der Waals surface area (Å²) in [5, 5.41) is 5.87. The number of hydrogen-bond donors (Lipinski definition) is 2. The third-order valence-electron chi connectivity index (χ3n) is 5.03. The van der Waals surface area contributed by atoms with Crippen molar-refractivity contribution < 1.29 is 14.0 Å². The number of urea groups is 1. The maximum absolute atomic E-state index is 13.6. The summed E-state index contributed by atoms with van der Waals surface area (Å²) < 4.78 is 13.6. The zero-order valence-corrected chi connectivity index (χ0v) is 14.8. The first-order valence-corrected chi connectivity index (χ1v) is 9.10. The molecule has 5 nitrogen and oxygen atoms in total. The van der Waals surface area contributed by atoms with Gasteiger partial charge in [0.1, 0.15) is 5.82 Å². The molecule has 0 spiro atoms. The predicted octanol–water partition coefficient (Wildman–Crippen LogP) is 2.90. The molecule has 0 bridgehead atoms. The van der Waals surface area contributed by atoms with Gasteiger partial charge < -0.3 is 15.5 Å². The van der Waals surface area contributed by atoms with E-state index in [2.05, 4.69) is 10.6 Å². The second-order valence-corrected chi connectivity index (χ2v) is 7.07. The van der Waals surface area contributed by atoms with Crippen molar-refractivity contribution in [3.05, 3.63) is 35.1 Å². The molecule has 3 rings (SSSR count). The van der Waals surface area contributed by atoms with E-state index in [0.717, 1.165) is 24.8 Å². The van der Waals surface area contributed by atoms with Gasteiger partial charge in [0.15, 0.2) is 0 Å². The highest BCUT2D eigenvalue weighted by atomic mass is 19.1. The van der Waals surface area contributed by atoms with Crippen molar-refractivity contribution in [3.63, 3.8) is 0 Å².